The highest BCUT2D eigenvalue weighted by Crippen LogP contribution is 1.97. The summed E-state index contributed by atoms with van der Waals surface area (Å²) >= 11 is 4.94. The van der Waals surface area contributed by atoms with Gasteiger partial charge in [0, 0.05) is 23.4 Å². The summed E-state index contributed by atoms with van der Waals surface area (Å²) in [5, 5.41) is 9.33. The molecule has 0 aliphatic rings. The highest BCUT2D eigenvalue weighted by molar-refractivity contribution is 7.71. The Hall–Kier alpha value is -0.670. The molecule has 0 fully saturated rings. The highest BCUT2D eigenvalue weighted by Gasteiger charge is 1.98. The molecule has 1 rings (SSSR count). The van der Waals surface area contributed by atoms with E-state index in [1.165, 1.54) is 0 Å². The van der Waals surface area contributed by atoms with Gasteiger partial charge in [0.15, 0.2) is 0 Å². The lowest BCUT2D eigenvalue weighted by Crippen LogP contribution is -2.14. The number of aliphatic hydroxyl groups excluding tert-OH is 1. The third-order valence-corrected chi connectivity index (χ3v) is 2.03. The van der Waals surface area contributed by atoms with E-state index in [-0.39, 0.29) is 6.10 Å². The molecule has 2 nitrogen and oxygen atoms in total. The molecule has 12 heavy (non-hydrogen) atoms. The van der Waals surface area contributed by atoms with Crippen molar-refractivity contribution < 1.29 is 5.11 Å². The molecule has 1 unspecified atom stereocenters. The summed E-state index contributed by atoms with van der Waals surface area (Å²) in [5.41, 5.74) is 0. The molecule has 0 saturated carbocycles. The third-order valence-electron chi connectivity index (χ3n) is 1.75. The first-order chi connectivity index (χ1) is 5.72. The van der Waals surface area contributed by atoms with Gasteiger partial charge in [-0.05, 0) is 18.6 Å². The second-order valence-corrected chi connectivity index (χ2v) is 3.26. The molecule has 1 atom stereocenters. The van der Waals surface area contributed by atoms with Crippen LogP contribution in [0.4, 0.5) is 0 Å². The minimum atomic E-state index is -0.258. The number of pyridine rings is 1. The predicted molar refractivity (Wildman–Crippen MR) is 51.6 cm³/mol. The molecule has 1 N–H and O–H groups in total. The number of hydrogen-bond donors (Lipinski definition) is 1. The molecule has 1 heterocycles. The lowest BCUT2D eigenvalue weighted by molar-refractivity contribution is 0.149. The summed E-state index contributed by atoms with van der Waals surface area (Å²) in [7, 11) is 0. The lowest BCUT2D eigenvalue weighted by atomic mass is 10.3. The molecule has 0 spiro atoms. The Morgan fingerprint density at radius 2 is 2.08 bits per heavy atom. The van der Waals surface area contributed by atoms with Gasteiger partial charge in [0.05, 0.1) is 6.10 Å². The molecular weight excluding hydrogens is 170 g/mol. The van der Waals surface area contributed by atoms with Crippen LogP contribution in [0.25, 0.3) is 0 Å². The summed E-state index contributed by atoms with van der Waals surface area (Å²) in [6.07, 6.45) is 4.30. The normalized spacial score (nSPS) is 12.8. The number of aliphatic hydroxyl groups is 1. The SMILES string of the molecule is CCC(O)Cn1ccc(=S)cc1. The Morgan fingerprint density at radius 3 is 2.58 bits per heavy atom. The van der Waals surface area contributed by atoms with Crippen LogP contribution in [0, 0.1) is 4.51 Å². The van der Waals surface area contributed by atoms with Crippen LogP contribution < -0.4 is 0 Å². The zero-order valence-electron chi connectivity index (χ0n) is 7.10. The molecule has 0 aromatic carbocycles. The first-order valence-electron chi connectivity index (χ1n) is 4.06. The van der Waals surface area contributed by atoms with Crippen LogP contribution >= 0.6 is 12.2 Å². The standard InChI is InChI=1S/C9H13NOS/c1-2-8(11)7-10-5-3-9(12)4-6-10/h3-6,8,11H,2,7H2,1H3. The third kappa shape index (κ3) is 2.75. The van der Waals surface area contributed by atoms with Crippen molar-refractivity contribution in [2.75, 3.05) is 0 Å². The van der Waals surface area contributed by atoms with Crippen LogP contribution in [0.2, 0.25) is 0 Å². The zero-order chi connectivity index (χ0) is 8.97. The van der Waals surface area contributed by atoms with Crippen LogP contribution in [-0.2, 0) is 6.54 Å². The average molecular weight is 183 g/mol. The molecule has 1 aromatic heterocycles. The van der Waals surface area contributed by atoms with Gasteiger partial charge in [0.2, 0.25) is 0 Å². The summed E-state index contributed by atoms with van der Waals surface area (Å²) in [5.74, 6) is 0. The van der Waals surface area contributed by atoms with Crippen molar-refractivity contribution in [3.63, 3.8) is 0 Å². The molecule has 66 valence electrons. The van der Waals surface area contributed by atoms with Crippen molar-refractivity contribution in [2.45, 2.75) is 26.0 Å². The molecule has 1 aromatic rings. The van der Waals surface area contributed by atoms with Crippen molar-refractivity contribution in [2.24, 2.45) is 0 Å². The smallest absolute Gasteiger partial charge is 0.0716 e. The van der Waals surface area contributed by atoms with E-state index in [4.69, 9.17) is 12.2 Å². The van der Waals surface area contributed by atoms with Crippen molar-refractivity contribution >= 4 is 12.2 Å². The van der Waals surface area contributed by atoms with E-state index in [9.17, 15) is 5.11 Å². The summed E-state index contributed by atoms with van der Waals surface area (Å²) < 4.78 is 2.77. The van der Waals surface area contributed by atoms with E-state index in [2.05, 4.69) is 0 Å². The minimum Gasteiger partial charge on any atom is -0.391 e. The van der Waals surface area contributed by atoms with Crippen LogP contribution in [0.5, 0.6) is 0 Å². The maximum atomic E-state index is 9.33. The maximum Gasteiger partial charge on any atom is 0.0716 e. The summed E-state index contributed by atoms with van der Waals surface area (Å²) in [6, 6.07) is 3.72. The van der Waals surface area contributed by atoms with Gasteiger partial charge in [-0.15, -0.1) is 0 Å². The second kappa shape index (κ2) is 4.38. The van der Waals surface area contributed by atoms with Crippen LogP contribution in [0.15, 0.2) is 24.5 Å². The van der Waals surface area contributed by atoms with Crippen molar-refractivity contribution in [3.05, 3.63) is 29.0 Å². The quantitative estimate of drug-likeness (QED) is 0.725. The van der Waals surface area contributed by atoms with Gasteiger partial charge in [0.25, 0.3) is 0 Å². The number of hydrogen-bond acceptors (Lipinski definition) is 2. The zero-order valence-corrected chi connectivity index (χ0v) is 7.92. The molecule has 0 amide bonds. The Kier molecular flexibility index (Phi) is 3.44. The fourth-order valence-corrected chi connectivity index (χ4v) is 1.06. The van der Waals surface area contributed by atoms with Gasteiger partial charge in [-0.3, -0.25) is 0 Å². The number of rotatable bonds is 3. The highest BCUT2D eigenvalue weighted by atomic mass is 32.1. The van der Waals surface area contributed by atoms with E-state index in [0.717, 1.165) is 10.9 Å². The van der Waals surface area contributed by atoms with E-state index in [1.54, 1.807) is 0 Å². The van der Waals surface area contributed by atoms with Crippen molar-refractivity contribution in [1.82, 2.24) is 4.57 Å². The Labute approximate surface area is 77.5 Å². The molecular formula is C9H13NOS. The van der Waals surface area contributed by atoms with Crippen LogP contribution in [-0.4, -0.2) is 15.8 Å². The Balaban J connectivity index is 2.64. The van der Waals surface area contributed by atoms with Crippen LogP contribution in [0.1, 0.15) is 13.3 Å². The topological polar surface area (TPSA) is 25.2 Å². The predicted octanol–water partition coefficient (Wildman–Crippen LogP) is 1.99. The van der Waals surface area contributed by atoms with E-state index >= 15 is 0 Å². The van der Waals surface area contributed by atoms with Crippen molar-refractivity contribution in [3.8, 4) is 0 Å². The second-order valence-electron chi connectivity index (χ2n) is 2.79. The Bertz CT molecular complexity index is 274. The van der Waals surface area contributed by atoms with E-state index in [1.807, 2.05) is 36.0 Å². The fourth-order valence-electron chi connectivity index (χ4n) is 0.938. The summed E-state index contributed by atoms with van der Waals surface area (Å²) in [4.78, 5) is 0. The molecule has 0 saturated heterocycles. The van der Waals surface area contributed by atoms with E-state index in [0.29, 0.717) is 6.54 Å². The molecule has 0 aliphatic carbocycles. The first-order valence-corrected chi connectivity index (χ1v) is 4.47. The van der Waals surface area contributed by atoms with Gasteiger partial charge in [-0.1, -0.05) is 19.1 Å². The lowest BCUT2D eigenvalue weighted by Gasteiger charge is -2.10. The molecule has 0 bridgehead atoms. The average Bonchev–Trinajstić information content (AvgIpc) is 2.09. The largest absolute Gasteiger partial charge is 0.391 e. The fraction of sp³-hybridized carbons (Fsp3) is 0.444. The number of nitrogens with zero attached hydrogens (tertiary/aromatic N) is 1. The Morgan fingerprint density at radius 1 is 1.50 bits per heavy atom. The summed E-state index contributed by atoms with van der Waals surface area (Å²) in [6.45, 7) is 2.61. The molecule has 3 heteroatoms. The van der Waals surface area contributed by atoms with Gasteiger partial charge in [-0.25, -0.2) is 0 Å². The molecule has 0 aliphatic heterocycles. The van der Waals surface area contributed by atoms with Gasteiger partial charge in [0.1, 0.15) is 0 Å². The van der Waals surface area contributed by atoms with Gasteiger partial charge < -0.3 is 9.67 Å². The van der Waals surface area contributed by atoms with E-state index < -0.39 is 0 Å². The molecule has 0 radical (unpaired) electrons. The van der Waals surface area contributed by atoms with Crippen LogP contribution in [0.3, 0.4) is 0 Å². The van der Waals surface area contributed by atoms with Crippen molar-refractivity contribution in [1.29, 1.82) is 0 Å². The maximum absolute atomic E-state index is 9.33. The monoisotopic (exact) mass is 183 g/mol. The first kappa shape index (κ1) is 9.42. The van der Waals surface area contributed by atoms with Gasteiger partial charge in [-0.2, -0.15) is 0 Å². The number of aromatic nitrogens is 1. The minimum absolute atomic E-state index is 0.258. The van der Waals surface area contributed by atoms with Gasteiger partial charge >= 0.3 is 0 Å².